The number of nitrogens with one attached hydrogen (secondary N) is 1. The van der Waals surface area contributed by atoms with Crippen molar-refractivity contribution in [3.05, 3.63) is 115 Å². The molecule has 0 saturated carbocycles. The lowest BCUT2D eigenvalue weighted by Crippen LogP contribution is -2.27. The van der Waals surface area contributed by atoms with Crippen LogP contribution in [0.4, 0.5) is 16.4 Å². The Kier molecular flexibility index (Phi) is 8.89. The van der Waals surface area contributed by atoms with Crippen molar-refractivity contribution in [2.75, 3.05) is 5.32 Å². The number of rotatable bonds is 8. The summed E-state index contributed by atoms with van der Waals surface area (Å²) in [6.45, 7) is 7.09. The van der Waals surface area contributed by atoms with Crippen LogP contribution in [0.1, 0.15) is 59.1 Å². The molecule has 5 rings (SSSR count). The van der Waals surface area contributed by atoms with E-state index in [2.05, 4.69) is 42.0 Å². The zero-order valence-corrected chi connectivity index (χ0v) is 26.1. The van der Waals surface area contributed by atoms with Crippen molar-refractivity contribution in [1.82, 2.24) is 0 Å². The van der Waals surface area contributed by atoms with Gasteiger partial charge in [-0.3, -0.25) is 14.9 Å². The van der Waals surface area contributed by atoms with E-state index in [0.29, 0.717) is 22.2 Å². The van der Waals surface area contributed by atoms with Crippen LogP contribution in [0.15, 0.2) is 82.3 Å². The number of nitro groups is 1. The van der Waals surface area contributed by atoms with Crippen molar-refractivity contribution in [2.45, 2.75) is 46.6 Å². The van der Waals surface area contributed by atoms with Gasteiger partial charge in [0.1, 0.15) is 17.4 Å². The molecule has 0 spiro atoms. The normalized spacial score (nSPS) is 14.9. The number of nitrogens with zero attached hydrogens (tertiary/aromatic N) is 2. The number of carbonyl (C=O) groups excluding carboxylic acids is 1. The third-order valence-electron chi connectivity index (χ3n) is 7.56. The van der Waals surface area contributed by atoms with Gasteiger partial charge in [0.25, 0.3) is 11.6 Å². The second-order valence-electron chi connectivity index (χ2n) is 11.5. The van der Waals surface area contributed by atoms with E-state index in [0.717, 1.165) is 46.1 Å². The van der Waals surface area contributed by atoms with Crippen LogP contribution >= 0.6 is 27.3 Å². The standard InChI is InChI=1S/C33H32BrN3O4S/c1-33(2,3)23-11-15-27-29(18-23)42-32(30(27)31(38)36-25-7-5-4-6-8-25)35-19-22-17-24(34)12-16-28(22)41-20-21-9-13-26(14-10-21)37(39)40/h4-10,12-14,16-17,19,23H,11,15,18,20H2,1-3H3,(H,36,38)/t23-/m0/s1. The Bertz CT molecular complexity index is 1630. The van der Waals surface area contributed by atoms with E-state index < -0.39 is 4.92 Å². The Labute approximate surface area is 257 Å². The van der Waals surface area contributed by atoms with E-state index in [9.17, 15) is 14.9 Å². The second-order valence-corrected chi connectivity index (χ2v) is 13.5. The number of para-hydroxylation sites is 1. The second kappa shape index (κ2) is 12.6. The first-order valence-corrected chi connectivity index (χ1v) is 15.4. The molecule has 216 valence electrons. The van der Waals surface area contributed by atoms with Crippen molar-refractivity contribution in [3.8, 4) is 5.75 Å². The van der Waals surface area contributed by atoms with Crippen molar-refractivity contribution >= 4 is 55.8 Å². The number of hydrogen-bond donors (Lipinski definition) is 1. The van der Waals surface area contributed by atoms with E-state index in [4.69, 9.17) is 9.73 Å². The highest BCUT2D eigenvalue weighted by Crippen LogP contribution is 2.45. The van der Waals surface area contributed by atoms with Gasteiger partial charge in [0.05, 0.1) is 10.5 Å². The predicted molar refractivity (Wildman–Crippen MR) is 173 cm³/mol. The zero-order chi connectivity index (χ0) is 29.9. The fraction of sp³-hybridized carbons (Fsp3) is 0.273. The molecule has 1 aliphatic carbocycles. The minimum Gasteiger partial charge on any atom is -0.488 e. The van der Waals surface area contributed by atoms with E-state index in [1.165, 1.54) is 17.0 Å². The fourth-order valence-electron chi connectivity index (χ4n) is 5.11. The molecule has 42 heavy (non-hydrogen) atoms. The van der Waals surface area contributed by atoms with Crippen LogP contribution in [0.2, 0.25) is 0 Å². The van der Waals surface area contributed by atoms with Crippen LogP contribution in [0.3, 0.4) is 0 Å². The highest BCUT2D eigenvalue weighted by Gasteiger charge is 2.33. The molecule has 3 aromatic carbocycles. The summed E-state index contributed by atoms with van der Waals surface area (Å²) in [7, 11) is 0. The van der Waals surface area contributed by atoms with E-state index in [-0.39, 0.29) is 23.6 Å². The average molecular weight is 647 g/mol. The maximum Gasteiger partial charge on any atom is 0.269 e. The first-order chi connectivity index (χ1) is 20.1. The van der Waals surface area contributed by atoms with Crippen molar-refractivity contribution in [3.63, 3.8) is 0 Å². The fourth-order valence-corrected chi connectivity index (χ4v) is 6.75. The van der Waals surface area contributed by atoms with Gasteiger partial charge < -0.3 is 10.1 Å². The molecule has 0 bridgehead atoms. The van der Waals surface area contributed by atoms with Crippen LogP contribution in [0.25, 0.3) is 0 Å². The van der Waals surface area contributed by atoms with Gasteiger partial charge in [0.15, 0.2) is 0 Å². The smallest absolute Gasteiger partial charge is 0.269 e. The predicted octanol–water partition coefficient (Wildman–Crippen LogP) is 9.15. The minimum atomic E-state index is -0.423. The third kappa shape index (κ3) is 6.97. The van der Waals surface area contributed by atoms with Gasteiger partial charge in [-0.2, -0.15) is 0 Å². The van der Waals surface area contributed by atoms with Gasteiger partial charge in [0.2, 0.25) is 0 Å². The lowest BCUT2D eigenvalue weighted by Gasteiger charge is -2.33. The van der Waals surface area contributed by atoms with Crippen molar-refractivity contribution < 1.29 is 14.5 Å². The topological polar surface area (TPSA) is 93.8 Å². The molecule has 1 aliphatic rings. The molecule has 0 saturated heterocycles. The van der Waals surface area contributed by atoms with Crippen LogP contribution in [0, 0.1) is 21.4 Å². The molecule has 1 amide bonds. The summed E-state index contributed by atoms with van der Waals surface area (Å²) in [5.41, 5.74) is 4.27. The van der Waals surface area contributed by atoms with E-state index in [1.807, 2.05) is 48.5 Å². The van der Waals surface area contributed by atoms with Crippen molar-refractivity contribution in [2.24, 2.45) is 16.3 Å². The Hall–Kier alpha value is -3.82. The molecule has 0 fully saturated rings. The van der Waals surface area contributed by atoms with Gasteiger partial charge in [-0.1, -0.05) is 54.9 Å². The Balaban J connectivity index is 1.44. The molecule has 0 radical (unpaired) electrons. The number of aliphatic imine (C=N–C) groups is 1. The molecule has 1 aromatic heterocycles. The van der Waals surface area contributed by atoms with Gasteiger partial charge >= 0.3 is 0 Å². The summed E-state index contributed by atoms with van der Waals surface area (Å²) < 4.78 is 6.97. The summed E-state index contributed by atoms with van der Waals surface area (Å²) in [5, 5.41) is 14.7. The molecule has 7 nitrogen and oxygen atoms in total. The number of carbonyl (C=O) groups is 1. The molecule has 4 aromatic rings. The SMILES string of the molecule is CC(C)(C)[C@H]1CCc2c(sc(N=Cc3cc(Br)ccc3OCc3ccc([N+](=O)[O-])cc3)c2C(=O)Nc2ccccc2)C1. The third-order valence-corrected chi connectivity index (χ3v) is 9.22. The number of non-ortho nitro benzene ring substituents is 1. The largest absolute Gasteiger partial charge is 0.488 e. The lowest BCUT2D eigenvalue weighted by molar-refractivity contribution is -0.384. The molecule has 1 atom stereocenters. The number of fused-ring (bicyclic) bond motifs is 1. The first-order valence-electron chi connectivity index (χ1n) is 13.8. The summed E-state index contributed by atoms with van der Waals surface area (Å²) in [5.74, 6) is 1.00. The molecular formula is C33H32BrN3O4S. The van der Waals surface area contributed by atoms with Crippen LogP contribution in [0.5, 0.6) is 5.75 Å². The van der Waals surface area contributed by atoms with Gasteiger partial charge in [0, 0.05) is 38.9 Å². The Morgan fingerprint density at radius 2 is 1.88 bits per heavy atom. The van der Waals surface area contributed by atoms with Gasteiger partial charge in [-0.25, -0.2) is 4.99 Å². The highest BCUT2D eigenvalue weighted by molar-refractivity contribution is 9.10. The van der Waals surface area contributed by atoms with Crippen molar-refractivity contribution in [1.29, 1.82) is 0 Å². The van der Waals surface area contributed by atoms with Gasteiger partial charge in [-0.15, -0.1) is 11.3 Å². The Morgan fingerprint density at radius 3 is 2.57 bits per heavy atom. The molecule has 0 aliphatic heterocycles. The van der Waals surface area contributed by atoms with Gasteiger partial charge in [-0.05, 0) is 84.2 Å². The first kappa shape index (κ1) is 29.7. The summed E-state index contributed by atoms with van der Waals surface area (Å²) in [4.78, 5) is 30.3. The Morgan fingerprint density at radius 1 is 1.14 bits per heavy atom. The molecule has 0 unspecified atom stereocenters. The average Bonchev–Trinajstić information content (AvgIpc) is 3.33. The summed E-state index contributed by atoms with van der Waals surface area (Å²) >= 11 is 5.14. The van der Waals surface area contributed by atoms with E-state index >= 15 is 0 Å². The maximum atomic E-state index is 13.7. The monoisotopic (exact) mass is 645 g/mol. The summed E-state index contributed by atoms with van der Waals surface area (Å²) in [6.07, 6.45) is 4.56. The number of anilines is 1. The molecule has 9 heteroatoms. The molecule has 1 heterocycles. The number of hydrogen-bond acceptors (Lipinski definition) is 6. The van der Waals surface area contributed by atoms with Crippen LogP contribution in [-0.2, 0) is 19.4 Å². The molecular weight excluding hydrogens is 614 g/mol. The number of thiophene rings is 1. The quantitative estimate of drug-likeness (QED) is 0.117. The number of amides is 1. The van der Waals surface area contributed by atoms with Crippen LogP contribution in [-0.4, -0.2) is 17.0 Å². The van der Waals surface area contributed by atoms with E-state index in [1.54, 1.807) is 29.7 Å². The number of ether oxygens (including phenoxy) is 1. The minimum absolute atomic E-state index is 0.0368. The lowest BCUT2D eigenvalue weighted by atomic mass is 9.72. The number of nitro benzene ring substituents is 1. The zero-order valence-electron chi connectivity index (χ0n) is 23.7. The number of benzene rings is 3. The maximum absolute atomic E-state index is 13.7. The molecule has 1 N–H and O–H groups in total. The van der Waals surface area contributed by atoms with Crippen LogP contribution < -0.4 is 10.1 Å². The number of halogens is 1. The summed E-state index contributed by atoms with van der Waals surface area (Å²) in [6, 6.07) is 21.4. The highest BCUT2D eigenvalue weighted by atomic mass is 79.9.